The number of nitrogens with one attached hydrogen (secondary N) is 1. The molecule has 1 saturated heterocycles. The monoisotopic (exact) mass is 541 g/mol. The van der Waals surface area contributed by atoms with Crippen molar-refractivity contribution in [1.29, 1.82) is 0 Å². The molecule has 1 N–H and O–H groups in total. The Labute approximate surface area is 224 Å². The molecule has 3 aromatic rings. The molecule has 3 amide bonds. The summed E-state index contributed by atoms with van der Waals surface area (Å²) < 4.78 is 16.7. The number of hydrogen-bond acceptors (Lipinski definition) is 6. The number of ether oxygens (including phenoxy) is 3. The van der Waals surface area contributed by atoms with Crippen molar-refractivity contribution in [2.75, 3.05) is 31.8 Å². The summed E-state index contributed by atoms with van der Waals surface area (Å²) >= 11 is 7.68. The summed E-state index contributed by atoms with van der Waals surface area (Å²) in [5, 5.41) is 5.38. The van der Waals surface area contributed by atoms with Gasteiger partial charge in [-0.1, -0.05) is 29.8 Å². The van der Waals surface area contributed by atoms with Gasteiger partial charge in [-0.25, -0.2) is 4.79 Å². The van der Waals surface area contributed by atoms with Gasteiger partial charge >= 0.3 is 6.03 Å². The zero-order chi connectivity index (χ0) is 25.6. The molecule has 10 heteroatoms. The Kier molecular flexibility index (Phi) is 8.13. The van der Waals surface area contributed by atoms with Gasteiger partial charge in [0.25, 0.3) is 0 Å². The maximum atomic E-state index is 13.7. The molecule has 2 aromatic carbocycles. The molecule has 0 saturated carbocycles. The molecule has 0 aliphatic carbocycles. The molecule has 0 spiro atoms. The number of rotatable bonds is 9. The Morgan fingerprint density at radius 1 is 1.03 bits per heavy atom. The fourth-order valence-electron chi connectivity index (χ4n) is 4.37. The summed E-state index contributed by atoms with van der Waals surface area (Å²) in [4.78, 5) is 31.3. The maximum Gasteiger partial charge on any atom is 0.322 e. The molecule has 0 unspecified atom stereocenters. The summed E-state index contributed by atoms with van der Waals surface area (Å²) in [6.45, 7) is 1.91. The van der Waals surface area contributed by atoms with Crippen LogP contribution in [0.25, 0.3) is 0 Å². The van der Waals surface area contributed by atoms with Crippen LogP contribution in [0, 0.1) is 0 Å². The first kappa shape index (κ1) is 25.4. The Balaban J connectivity index is 1.33. The number of urea groups is 1. The van der Waals surface area contributed by atoms with Gasteiger partial charge in [0, 0.05) is 35.3 Å². The van der Waals surface area contributed by atoms with E-state index in [-0.39, 0.29) is 31.4 Å². The van der Waals surface area contributed by atoms with Gasteiger partial charge in [0.2, 0.25) is 12.7 Å². The van der Waals surface area contributed by atoms with Gasteiger partial charge in [-0.3, -0.25) is 4.79 Å². The lowest BCUT2D eigenvalue weighted by Gasteiger charge is -2.29. The molecule has 194 valence electrons. The third kappa shape index (κ3) is 6.74. The largest absolute Gasteiger partial charge is 0.454 e. The Morgan fingerprint density at radius 3 is 2.70 bits per heavy atom. The first-order valence-corrected chi connectivity index (χ1v) is 13.4. The second kappa shape index (κ2) is 11.9. The number of fused-ring (bicyclic) bond motifs is 1. The molecule has 1 fully saturated rings. The van der Waals surface area contributed by atoms with Crippen molar-refractivity contribution in [1.82, 2.24) is 9.80 Å². The zero-order valence-electron chi connectivity index (χ0n) is 20.2. The predicted molar refractivity (Wildman–Crippen MR) is 142 cm³/mol. The van der Waals surface area contributed by atoms with Gasteiger partial charge in [-0.2, -0.15) is 0 Å². The van der Waals surface area contributed by atoms with E-state index in [0.29, 0.717) is 48.5 Å². The molecule has 5 rings (SSSR count). The predicted octanol–water partition coefficient (Wildman–Crippen LogP) is 5.37. The quantitative estimate of drug-likeness (QED) is 0.394. The molecule has 2 aliphatic rings. The molecule has 3 heterocycles. The van der Waals surface area contributed by atoms with E-state index in [1.165, 1.54) is 4.90 Å². The molecule has 0 radical (unpaired) electrons. The van der Waals surface area contributed by atoms with Crippen LogP contribution in [0.4, 0.5) is 10.5 Å². The average molecular weight is 542 g/mol. The van der Waals surface area contributed by atoms with Crippen LogP contribution < -0.4 is 14.8 Å². The van der Waals surface area contributed by atoms with Crippen LogP contribution in [-0.4, -0.2) is 54.3 Å². The van der Waals surface area contributed by atoms with Crippen LogP contribution in [0.3, 0.4) is 0 Å². The Morgan fingerprint density at radius 2 is 1.92 bits per heavy atom. The van der Waals surface area contributed by atoms with Crippen molar-refractivity contribution >= 4 is 40.6 Å². The highest BCUT2D eigenvalue weighted by Crippen LogP contribution is 2.33. The van der Waals surface area contributed by atoms with Crippen LogP contribution in [0.2, 0.25) is 5.02 Å². The summed E-state index contributed by atoms with van der Waals surface area (Å²) in [6, 6.07) is 16.2. The van der Waals surface area contributed by atoms with E-state index in [0.717, 1.165) is 23.3 Å². The summed E-state index contributed by atoms with van der Waals surface area (Å²) in [7, 11) is 0. The molecule has 1 aromatic heterocycles. The summed E-state index contributed by atoms with van der Waals surface area (Å²) in [5.74, 6) is 1.20. The van der Waals surface area contributed by atoms with E-state index >= 15 is 0 Å². The molecule has 37 heavy (non-hydrogen) atoms. The first-order valence-electron chi connectivity index (χ1n) is 12.2. The molecule has 8 nitrogen and oxygen atoms in total. The smallest absolute Gasteiger partial charge is 0.322 e. The van der Waals surface area contributed by atoms with Gasteiger partial charge in [0.1, 0.15) is 6.54 Å². The summed E-state index contributed by atoms with van der Waals surface area (Å²) in [6.07, 6.45) is 1.69. The number of carbonyl (C=O) groups is 2. The van der Waals surface area contributed by atoms with Gasteiger partial charge in [-0.05, 0) is 60.2 Å². The standard InChI is InChI=1S/C27H28ClN3O5S/c28-20-4-1-5-21(13-20)29-27(33)31(15-22-6-2-10-34-22)17-26(32)30(16-23-7-3-11-37-23)14-19-8-9-24-25(12-19)36-18-35-24/h1,3-5,7-9,11-13,22H,2,6,10,14-18H2,(H,29,33)/t22-/m0/s1. The second-order valence-electron chi connectivity index (χ2n) is 8.97. The number of hydrogen-bond donors (Lipinski definition) is 1. The number of anilines is 1. The molecule has 2 aliphatic heterocycles. The summed E-state index contributed by atoms with van der Waals surface area (Å²) in [5.41, 5.74) is 1.49. The van der Waals surface area contributed by atoms with E-state index in [1.54, 1.807) is 40.5 Å². The number of benzene rings is 2. The Hall–Kier alpha value is -3.27. The maximum absolute atomic E-state index is 13.7. The van der Waals surface area contributed by atoms with E-state index in [2.05, 4.69) is 5.32 Å². The normalized spacial score (nSPS) is 16.0. The number of carbonyl (C=O) groups excluding carboxylic acids is 2. The van der Waals surface area contributed by atoms with E-state index in [4.69, 9.17) is 25.8 Å². The third-order valence-electron chi connectivity index (χ3n) is 6.23. The third-order valence-corrected chi connectivity index (χ3v) is 7.32. The fourth-order valence-corrected chi connectivity index (χ4v) is 5.28. The number of amides is 3. The van der Waals surface area contributed by atoms with Gasteiger partial charge in [-0.15, -0.1) is 11.3 Å². The molecular weight excluding hydrogens is 514 g/mol. The lowest BCUT2D eigenvalue weighted by molar-refractivity contribution is -0.133. The Bertz CT molecular complexity index is 1230. The highest BCUT2D eigenvalue weighted by Gasteiger charge is 2.27. The number of nitrogens with zero attached hydrogens (tertiary/aromatic N) is 2. The second-order valence-corrected chi connectivity index (χ2v) is 10.4. The lowest BCUT2D eigenvalue weighted by atomic mass is 10.1. The van der Waals surface area contributed by atoms with Crippen molar-refractivity contribution in [3.8, 4) is 11.5 Å². The molecule has 0 bridgehead atoms. The minimum atomic E-state index is -0.370. The van der Waals surface area contributed by atoms with Crippen LogP contribution in [0.15, 0.2) is 60.0 Å². The first-order chi connectivity index (χ1) is 18.0. The van der Waals surface area contributed by atoms with E-state index in [1.807, 2.05) is 35.7 Å². The van der Waals surface area contributed by atoms with Crippen molar-refractivity contribution in [2.45, 2.75) is 32.0 Å². The highest BCUT2D eigenvalue weighted by atomic mass is 35.5. The molecule has 1 atom stereocenters. The van der Waals surface area contributed by atoms with Crippen molar-refractivity contribution in [3.63, 3.8) is 0 Å². The fraction of sp³-hybridized carbons (Fsp3) is 0.333. The highest BCUT2D eigenvalue weighted by molar-refractivity contribution is 7.09. The molecular formula is C27H28ClN3O5S. The van der Waals surface area contributed by atoms with Crippen molar-refractivity contribution in [2.24, 2.45) is 0 Å². The van der Waals surface area contributed by atoms with Gasteiger partial charge < -0.3 is 29.3 Å². The minimum Gasteiger partial charge on any atom is -0.454 e. The van der Waals surface area contributed by atoms with Crippen molar-refractivity contribution in [3.05, 3.63) is 75.4 Å². The van der Waals surface area contributed by atoms with Crippen molar-refractivity contribution < 1.29 is 23.8 Å². The number of thiophene rings is 1. The average Bonchev–Trinajstić information content (AvgIpc) is 3.66. The lowest BCUT2D eigenvalue weighted by Crippen LogP contribution is -2.46. The SMILES string of the molecule is O=C(CN(C[C@@H]1CCCO1)C(=O)Nc1cccc(Cl)c1)N(Cc1ccc2c(c1)OCO2)Cc1cccs1. The van der Waals surface area contributed by atoms with Crippen LogP contribution in [-0.2, 0) is 22.6 Å². The van der Waals surface area contributed by atoms with Crippen LogP contribution in [0.5, 0.6) is 11.5 Å². The van der Waals surface area contributed by atoms with Gasteiger partial charge in [0.15, 0.2) is 11.5 Å². The van der Waals surface area contributed by atoms with Gasteiger partial charge in [0.05, 0.1) is 12.6 Å². The topological polar surface area (TPSA) is 80.3 Å². The number of halogens is 1. The van der Waals surface area contributed by atoms with Crippen LogP contribution in [0.1, 0.15) is 23.3 Å². The van der Waals surface area contributed by atoms with E-state index in [9.17, 15) is 9.59 Å². The minimum absolute atomic E-state index is 0.0812. The van der Waals surface area contributed by atoms with Crippen LogP contribution >= 0.6 is 22.9 Å². The zero-order valence-corrected chi connectivity index (χ0v) is 21.8. The van der Waals surface area contributed by atoms with E-state index < -0.39 is 0 Å².